The highest BCUT2D eigenvalue weighted by Gasteiger charge is 2.19. The molecule has 27 heavy (non-hydrogen) atoms. The Balaban J connectivity index is 1.40. The standard InChI is InChI=1S/C23H22N2O2/c26-16-18-6-7-20-14-25(15-21(20)12-18)22-10-8-19(9-11-22)23(27)24-13-17-4-2-1-3-5-17/h1-12,26H,13-16H2,(H,24,27). The van der Waals surface area contributed by atoms with Gasteiger partial charge in [-0.25, -0.2) is 0 Å². The Morgan fingerprint density at radius 1 is 0.889 bits per heavy atom. The lowest BCUT2D eigenvalue weighted by molar-refractivity contribution is 0.0951. The van der Waals surface area contributed by atoms with Gasteiger partial charge in [0.25, 0.3) is 5.91 Å². The summed E-state index contributed by atoms with van der Waals surface area (Å²) in [6, 6.07) is 23.8. The number of hydrogen-bond acceptors (Lipinski definition) is 3. The third-order valence-electron chi connectivity index (χ3n) is 4.97. The predicted molar refractivity (Wildman–Crippen MR) is 106 cm³/mol. The number of carbonyl (C=O) groups is 1. The van der Waals surface area contributed by atoms with Crippen molar-refractivity contribution in [2.75, 3.05) is 4.90 Å². The van der Waals surface area contributed by atoms with Gasteiger partial charge in [0.1, 0.15) is 0 Å². The van der Waals surface area contributed by atoms with Gasteiger partial charge in [-0.3, -0.25) is 4.79 Å². The summed E-state index contributed by atoms with van der Waals surface area (Å²) in [6.45, 7) is 2.26. The molecule has 1 heterocycles. The second-order valence-corrected chi connectivity index (χ2v) is 6.83. The summed E-state index contributed by atoms with van der Waals surface area (Å²) in [6.07, 6.45) is 0. The number of aliphatic hydroxyl groups is 1. The minimum Gasteiger partial charge on any atom is -0.392 e. The molecule has 3 aromatic carbocycles. The Hall–Kier alpha value is -3.11. The zero-order valence-electron chi connectivity index (χ0n) is 15.1. The minimum atomic E-state index is -0.0669. The number of benzene rings is 3. The molecule has 1 amide bonds. The Morgan fingerprint density at radius 3 is 2.37 bits per heavy atom. The highest BCUT2D eigenvalue weighted by Crippen LogP contribution is 2.29. The first-order valence-corrected chi connectivity index (χ1v) is 9.11. The zero-order chi connectivity index (χ0) is 18.6. The molecule has 1 aliphatic rings. The molecule has 0 unspecified atom stereocenters. The molecular formula is C23H22N2O2. The van der Waals surface area contributed by atoms with E-state index in [0.717, 1.165) is 29.9 Å². The van der Waals surface area contributed by atoms with Crippen molar-refractivity contribution in [1.29, 1.82) is 0 Å². The average molecular weight is 358 g/mol. The van der Waals surface area contributed by atoms with E-state index in [9.17, 15) is 9.90 Å². The van der Waals surface area contributed by atoms with Gasteiger partial charge in [-0.05, 0) is 46.5 Å². The van der Waals surface area contributed by atoms with Gasteiger partial charge in [-0.1, -0.05) is 48.5 Å². The average Bonchev–Trinajstić information content (AvgIpc) is 3.16. The number of nitrogens with one attached hydrogen (secondary N) is 1. The van der Waals surface area contributed by atoms with Gasteiger partial charge in [0.15, 0.2) is 0 Å². The third-order valence-corrected chi connectivity index (χ3v) is 4.97. The van der Waals surface area contributed by atoms with Crippen molar-refractivity contribution >= 4 is 11.6 Å². The van der Waals surface area contributed by atoms with Crippen molar-refractivity contribution in [3.63, 3.8) is 0 Å². The van der Waals surface area contributed by atoms with Crippen LogP contribution < -0.4 is 10.2 Å². The maximum atomic E-state index is 12.4. The molecule has 0 aromatic heterocycles. The molecule has 4 heteroatoms. The number of aliphatic hydroxyl groups excluding tert-OH is 1. The van der Waals surface area contributed by atoms with E-state index in [0.29, 0.717) is 12.1 Å². The summed E-state index contributed by atoms with van der Waals surface area (Å²) in [7, 11) is 0. The molecule has 0 spiro atoms. The number of hydrogen-bond donors (Lipinski definition) is 2. The van der Waals surface area contributed by atoms with E-state index in [2.05, 4.69) is 22.3 Å². The summed E-state index contributed by atoms with van der Waals surface area (Å²) >= 11 is 0. The van der Waals surface area contributed by atoms with Crippen LogP contribution in [-0.2, 0) is 26.2 Å². The smallest absolute Gasteiger partial charge is 0.251 e. The van der Waals surface area contributed by atoms with E-state index >= 15 is 0 Å². The van der Waals surface area contributed by atoms with Crippen molar-refractivity contribution in [2.45, 2.75) is 26.2 Å². The first kappa shape index (κ1) is 17.3. The number of fused-ring (bicyclic) bond motifs is 1. The van der Waals surface area contributed by atoms with Gasteiger partial charge in [0.2, 0.25) is 0 Å². The number of amides is 1. The van der Waals surface area contributed by atoms with E-state index in [1.54, 1.807) is 0 Å². The molecule has 0 saturated carbocycles. The van der Waals surface area contributed by atoms with Crippen LogP contribution >= 0.6 is 0 Å². The van der Waals surface area contributed by atoms with Gasteiger partial charge in [0.05, 0.1) is 6.61 Å². The molecule has 0 radical (unpaired) electrons. The van der Waals surface area contributed by atoms with Crippen molar-refractivity contribution < 1.29 is 9.90 Å². The van der Waals surface area contributed by atoms with Crippen molar-refractivity contribution in [1.82, 2.24) is 5.32 Å². The molecular weight excluding hydrogens is 336 g/mol. The minimum absolute atomic E-state index is 0.0669. The Kier molecular flexibility index (Phi) is 4.90. The van der Waals surface area contributed by atoms with Crippen LogP contribution in [0.1, 0.15) is 32.6 Å². The molecule has 1 aliphatic heterocycles. The molecule has 4 rings (SSSR count). The van der Waals surface area contributed by atoms with Crippen LogP contribution in [0.5, 0.6) is 0 Å². The fourth-order valence-corrected chi connectivity index (χ4v) is 3.43. The Labute approximate surface area is 159 Å². The molecule has 136 valence electrons. The Bertz CT molecular complexity index is 936. The number of rotatable bonds is 5. The summed E-state index contributed by atoms with van der Waals surface area (Å²) in [5.74, 6) is -0.0669. The zero-order valence-corrected chi connectivity index (χ0v) is 15.1. The maximum Gasteiger partial charge on any atom is 0.251 e. The second kappa shape index (κ2) is 7.64. The van der Waals surface area contributed by atoms with Gasteiger partial charge in [-0.15, -0.1) is 0 Å². The monoisotopic (exact) mass is 358 g/mol. The van der Waals surface area contributed by atoms with E-state index in [4.69, 9.17) is 0 Å². The molecule has 2 N–H and O–H groups in total. The summed E-state index contributed by atoms with van der Waals surface area (Å²) in [5, 5.41) is 12.3. The second-order valence-electron chi connectivity index (χ2n) is 6.83. The first-order chi connectivity index (χ1) is 13.2. The van der Waals surface area contributed by atoms with Gasteiger partial charge >= 0.3 is 0 Å². The molecule has 0 fully saturated rings. The highest BCUT2D eigenvalue weighted by molar-refractivity contribution is 5.94. The first-order valence-electron chi connectivity index (χ1n) is 9.11. The number of anilines is 1. The van der Waals surface area contributed by atoms with Gasteiger partial charge < -0.3 is 15.3 Å². The van der Waals surface area contributed by atoms with E-state index < -0.39 is 0 Å². The van der Waals surface area contributed by atoms with Crippen LogP contribution in [0.4, 0.5) is 5.69 Å². The topological polar surface area (TPSA) is 52.6 Å². The molecule has 0 saturated heterocycles. The van der Waals surface area contributed by atoms with Crippen LogP contribution in [0.3, 0.4) is 0 Å². The van der Waals surface area contributed by atoms with Crippen LogP contribution in [0.25, 0.3) is 0 Å². The normalized spacial score (nSPS) is 12.7. The van der Waals surface area contributed by atoms with Crippen LogP contribution in [-0.4, -0.2) is 11.0 Å². The third kappa shape index (κ3) is 3.86. The van der Waals surface area contributed by atoms with E-state index in [1.807, 2.05) is 60.7 Å². The SMILES string of the molecule is O=C(NCc1ccccc1)c1ccc(N2Cc3ccc(CO)cc3C2)cc1. The lowest BCUT2D eigenvalue weighted by Crippen LogP contribution is -2.23. The van der Waals surface area contributed by atoms with Crippen molar-refractivity contribution in [2.24, 2.45) is 0 Å². The van der Waals surface area contributed by atoms with Crippen LogP contribution in [0.2, 0.25) is 0 Å². The van der Waals surface area contributed by atoms with Crippen molar-refractivity contribution in [3.05, 3.63) is 101 Å². The van der Waals surface area contributed by atoms with Crippen LogP contribution in [0.15, 0.2) is 72.8 Å². The van der Waals surface area contributed by atoms with Crippen LogP contribution in [0, 0.1) is 0 Å². The molecule has 3 aromatic rings. The summed E-state index contributed by atoms with van der Waals surface area (Å²) in [4.78, 5) is 14.6. The molecule has 0 atom stereocenters. The lowest BCUT2D eigenvalue weighted by Gasteiger charge is -2.18. The molecule has 0 bridgehead atoms. The summed E-state index contributed by atoms with van der Waals surface area (Å²) in [5.41, 5.74) is 6.33. The molecule has 0 aliphatic carbocycles. The Morgan fingerprint density at radius 2 is 1.63 bits per heavy atom. The lowest BCUT2D eigenvalue weighted by atomic mass is 10.1. The fourth-order valence-electron chi connectivity index (χ4n) is 3.43. The maximum absolute atomic E-state index is 12.4. The van der Waals surface area contributed by atoms with E-state index in [1.165, 1.54) is 11.1 Å². The highest BCUT2D eigenvalue weighted by atomic mass is 16.3. The summed E-state index contributed by atoms with van der Waals surface area (Å²) < 4.78 is 0. The van der Waals surface area contributed by atoms with Crippen molar-refractivity contribution in [3.8, 4) is 0 Å². The predicted octanol–water partition coefficient (Wildman–Crippen LogP) is 3.63. The molecule has 4 nitrogen and oxygen atoms in total. The number of carbonyl (C=O) groups excluding carboxylic acids is 1. The van der Waals surface area contributed by atoms with E-state index in [-0.39, 0.29) is 12.5 Å². The fraction of sp³-hybridized carbons (Fsp3) is 0.174. The largest absolute Gasteiger partial charge is 0.392 e. The quantitative estimate of drug-likeness (QED) is 0.732. The van der Waals surface area contributed by atoms with Gasteiger partial charge in [-0.2, -0.15) is 0 Å². The number of nitrogens with zero attached hydrogens (tertiary/aromatic N) is 1. The van der Waals surface area contributed by atoms with Gasteiger partial charge in [0, 0.05) is 30.9 Å².